The van der Waals surface area contributed by atoms with Gasteiger partial charge in [-0.3, -0.25) is 9.59 Å². The fourth-order valence-electron chi connectivity index (χ4n) is 4.20. The fourth-order valence-corrected chi connectivity index (χ4v) is 4.20. The SMILES string of the molecule is Cc1nc(C2(NC(=O)[C@H]3CC(=O)Nc4ccccc43)CCCCCC2)no1. The van der Waals surface area contributed by atoms with Crippen molar-refractivity contribution in [2.75, 3.05) is 5.32 Å². The van der Waals surface area contributed by atoms with Crippen molar-refractivity contribution in [1.29, 1.82) is 0 Å². The maximum atomic E-state index is 13.3. The number of carbonyl (C=O) groups is 2. The van der Waals surface area contributed by atoms with Crippen LogP contribution in [0.2, 0.25) is 0 Å². The Bertz CT molecular complexity index is 852. The van der Waals surface area contributed by atoms with Gasteiger partial charge in [-0.15, -0.1) is 0 Å². The Morgan fingerprint density at radius 3 is 2.67 bits per heavy atom. The van der Waals surface area contributed by atoms with Gasteiger partial charge in [-0.2, -0.15) is 4.98 Å². The van der Waals surface area contributed by atoms with Crippen molar-refractivity contribution in [3.05, 3.63) is 41.5 Å². The number of carbonyl (C=O) groups excluding carboxylic acids is 2. The van der Waals surface area contributed by atoms with Crippen LogP contribution in [0.1, 0.15) is 68.1 Å². The van der Waals surface area contributed by atoms with Crippen LogP contribution in [0.25, 0.3) is 0 Å². The van der Waals surface area contributed by atoms with Gasteiger partial charge in [-0.1, -0.05) is 49.0 Å². The van der Waals surface area contributed by atoms with Crippen molar-refractivity contribution in [2.45, 2.75) is 63.3 Å². The number of fused-ring (bicyclic) bond motifs is 1. The molecule has 1 aromatic carbocycles. The second-order valence-corrected chi connectivity index (χ2v) is 7.51. The third-order valence-corrected chi connectivity index (χ3v) is 5.59. The Morgan fingerprint density at radius 2 is 1.96 bits per heavy atom. The minimum Gasteiger partial charge on any atom is -0.343 e. The minimum absolute atomic E-state index is 0.140. The Kier molecular flexibility index (Phi) is 4.68. The minimum atomic E-state index is -0.631. The van der Waals surface area contributed by atoms with Crippen molar-refractivity contribution >= 4 is 17.5 Å². The number of rotatable bonds is 3. The molecule has 2 aromatic rings. The molecule has 1 aromatic heterocycles. The quantitative estimate of drug-likeness (QED) is 0.811. The van der Waals surface area contributed by atoms with Gasteiger partial charge in [0, 0.05) is 19.0 Å². The molecule has 2 amide bonds. The first-order valence-corrected chi connectivity index (χ1v) is 9.59. The summed E-state index contributed by atoms with van der Waals surface area (Å²) in [5.74, 6) is 0.234. The summed E-state index contributed by atoms with van der Waals surface area (Å²) in [6.07, 6.45) is 5.94. The summed E-state index contributed by atoms with van der Waals surface area (Å²) in [4.78, 5) is 29.8. The van der Waals surface area contributed by atoms with Crippen molar-refractivity contribution in [3.63, 3.8) is 0 Å². The van der Waals surface area contributed by atoms with E-state index < -0.39 is 11.5 Å². The number of hydrogen-bond donors (Lipinski definition) is 2. The molecule has 27 heavy (non-hydrogen) atoms. The van der Waals surface area contributed by atoms with E-state index in [1.807, 2.05) is 24.3 Å². The van der Waals surface area contributed by atoms with Gasteiger partial charge in [-0.25, -0.2) is 0 Å². The monoisotopic (exact) mass is 368 g/mol. The smallest absolute Gasteiger partial charge is 0.228 e. The zero-order valence-electron chi connectivity index (χ0n) is 15.5. The first kappa shape index (κ1) is 17.7. The number of para-hydroxylation sites is 1. The number of anilines is 1. The zero-order valence-corrected chi connectivity index (χ0v) is 15.5. The lowest BCUT2D eigenvalue weighted by Crippen LogP contribution is -2.49. The Labute approximate surface area is 157 Å². The molecular formula is C20H24N4O3. The second-order valence-electron chi connectivity index (χ2n) is 7.51. The fraction of sp³-hybridized carbons (Fsp3) is 0.500. The average Bonchev–Trinajstić information content (AvgIpc) is 2.96. The standard InChI is InChI=1S/C20H24N4O3/c1-13-21-19(24-27-13)20(10-6-2-3-7-11-20)23-18(26)15-12-17(25)22-16-9-5-4-8-14(15)16/h4-5,8-9,15H,2-3,6-7,10-12H2,1H3,(H,22,25)(H,23,26)/t15-/m0/s1. The number of amides is 2. The van der Waals surface area contributed by atoms with Gasteiger partial charge in [0.25, 0.3) is 0 Å². The van der Waals surface area contributed by atoms with Crippen LogP contribution in [0.4, 0.5) is 5.69 Å². The number of hydrogen-bond acceptors (Lipinski definition) is 5. The first-order chi connectivity index (χ1) is 13.1. The number of nitrogens with one attached hydrogen (secondary N) is 2. The van der Waals surface area contributed by atoms with E-state index in [9.17, 15) is 9.59 Å². The first-order valence-electron chi connectivity index (χ1n) is 9.59. The average molecular weight is 368 g/mol. The third kappa shape index (κ3) is 3.46. The molecule has 2 N–H and O–H groups in total. The highest BCUT2D eigenvalue weighted by Crippen LogP contribution is 2.37. The van der Waals surface area contributed by atoms with E-state index in [1.165, 1.54) is 0 Å². The van der Waals surface area contributed by atoms with Gasteiger partial charge in [-0.05, 0) is 24.5 Å². The van der Waals surface area contributed by atoms with Crippen LogP contribution in [0.15, 0.2) is 28.8 Å². The summed E-state index contributed by atoms with van der Waals surface area (Å²) in [6, 6.07) is 7.47. The molecule has 142 valence electrons. The number of aryl methyl sites for hydroxylation is 1. The van der Waals surface area contributed by atoms with Gasteiger partial charge in [0.2, 0.25) is 17.7 Å². The van der Waals surface area contributed by atoms with Gasteiger partial charge in [0.1, 0.15) is 5.54 Å². The molecule has 0 bridgehead atoms. The molecule has 1 fully saturated rings. The molecule has 1 aliphatic carbocycles. The zero-order chi connectivity index (χ0) is 18.9. The van der Waals surface area contributed by atoms with Crippen LogP contribution < -0.4 is 10.6 Å². The third-order valence-electron chi connectivity index (χ3n) is 5.59. The highest BCUT2D eigenvalue weighted by Gasteiger charge is 2.41. The highest BCUT2D eigenvalue weighted by molar-refractivity contribution is 6.01. The summed E-state index contributed by atoms with van der Waals surface area (Å²) < 4.78 is 5.21. The van der Waals surface area contributed by atoms with Gasteiger partial charge in [0.05, 0.1) is 5.92 Å². The molecule has 7 nitrogen and oxygen atoms in total. The highest BCUT2D eigenvalue weighted by atomic mass is 16.5. The Balaban J connectivity index is 1.65. The van der Waals surface area contributed by atoms with Gasteiger partial charge < -0.3 is 15.2 Å². The summed E-state index contributed by atoms with van der Waals surface area (Å²) >= 11 is 0. The molecule has 0 unspecified atom stereocenters. The maximum absolute atomic E-state index is 13.3. The van der Waals surface area contributed by atoms with Crippen LogP contribution in [0, 0.1) is 6.92 Å². The predicted molar refractivity (Wildman–Crippen MR) is 99.0 cm³/mol. The number of aromatic nitrogens is 2. The van der Waals surface area contributed by atoms with Crippen LogP contribution in [-0.2, 0) is 15.1 Å². The maximum Gasteiger partial charge on any atom is 0.228 e. The van der Waals surface area contributed by atoms with Crippen LogP contribution in [0.5, 0.6) is 0 Å². The lowest BCUT2D eigenvalue weighted by atomic mass is 9.85. The van der Waals surface area contributed by atoms with Gasteiger partial charge >= 0.3 is 0 Å². The molecule has 1 saturated carbocycles. The van der Waals surface area contributed by atoms with E-state index in [0.29, 0.717) is 17.4 Å². The molecule has 0 saturated heterocycles. The lowest BCUT2D eigenvalue weighted by Gasteiger charge is -2.33. The van der Waals surface area contributed by atoms with E-state index >= 15 is 0 Å². The molecule has 4 rings (SSSR count). The summed E-state index contributed by atoms with van der Waals surface area (Å²) in [5.41, 5.74) is 0.927. The molecule has 2 aliphatic rings. The Morgan fingerprint density at radius 1 is 1.22 bits per heavy atom. The number of benzene rings is 1. The van der Waals surface area contributed by atoms with Crippen molar-refractivity contribution < 1.29 is 14.1 Å². The molecule has 2 heterocycles. The van der Waals surface area contributed by atoms with Gasteiger partial charge in [0.15, 0.2) is 5.82 Å². The number of nitrogens with zero attached hydrogens (tertiary/aromatic N) is 2. The Hall–Kier alpha value is -2.70. The molecule has 1 atom stereocenters. The topological polar surface area (TPSA) is 97.1 Å². The molecular weight excluding hydrogens is 344 g/mol. The largest absolute Gasteiger partial charge is 0.343 e. The second kappa shape index (κ2) is 7.13. The molecule has 1 aliphatic heterocycles. The van der Waals surface area contributed by atoms with E-state index in [2.05, 4.69) is 20.8 Å². The lowest BCUT2D eigenvalue weighted by molar-refractivity contribution is -0.128. The summed E-state index contributed by atoms with van der Waals surface area (Å²) in [6.45, 7) is 1.75. The predicted octanol–water partition coefficient (Wildman–Crippen LogP) is 3.17. The van der Waals surface area contributed by atoms with Crippen LogP contribution in [0.3, 0.4) is 0 Å². The molecule has 0 radical (unpaired) electrons. The molecule has 0 spiro atoms. The van der Waals surface area contributed by atoms with Crippen LogP contribution >= 0.6 is 0 Å². The van der Waals surface area contributed by atoms with Crippen molar-refractivity contribution in [3.8, 4) is 0 Å². The van der Waals surface area contributed by atoms with Crippen molar-refractivity contribution in [2.24, 2.45) is 0 Å². The van der Waals surface area contributed by atoms with Crippen LogP contribution in [-0.4, -0.2) is 22.0 Å². The van der Waals surface area contributed by atoms with Crippen molar-refractivity contribution in [1.82, 2.24) is 15.5 Å². The summed E-state index contributed by atoms with van der Waals surface area (Å²) in [7, 11) is 0. The van der Waals surface area contributed by atoms with E-state index in [1.54, 1.807) is 6.92 Å². The van der Waals surface area contributed by atoms with E-state index in [4.69, 9.17) is 4.52 Å². The molecule has 7 heteroatoms. The van der Waals surface area contributed by atoms with E-state index in [0.717, 1.165) is 44.1 Å². The van der Waals surface area contributed by atoms with E-state index in [-0.39, 0.29) is 18.2 Å². The normalized spacial score (nSPS) is 21.7. The summed E-state index contributed by atoms with van der Waals surface area (Å²) in [5, 5.41) is 10.2.